The molecule has 3 heteroatoms. The standard InChI is InChI=1S/C15H19NO2/c1-3-13(12-7-5-4-6-8-12)15(9-10-15)16-11-14(17)18-2/h3-8,16H,9-11H2,1-2H3/b13-3+. The zero-order chi connectivity index (χ0) is 13.0. The Labute approximate surface area is 108 Å². The molecular weight excluding hydrogens is 226 g/mol. The topological polar surface area (TPSA) is 38.3 Å². The average Bonchev–Trinajstić information content (AvgIpc) is 3.19. The molecule has 18 heavy (non-hydrogen) atoms. The third kappa shape index (κ3) is 2.62. The van der Waals surface area contributed by atoms with Gasteiger partial charge in [-0.05, 0) is 30.9 Å². The Hall–Kier alpha value is -1.61. The molecular formula is C15H19NO2. The zero-order valence-electron chi connectivity index (χ0n) is 10.9. The summed E-state index contributed by atoms with van der Waals surface area (Å²) in [5.41, 5.74) is 2.45. The molecule has 0 spiro atoms. The third-order valence-electron chi connectivity index (χ3n) is 3.44. The number of hydrogen-bond donors (Lipinski definition) is 1. The molecule has 0 heterocycles. The molecule has 1 aliphatic carbocycles. The van der Waals surface area contributed by atoms with Crippen molar-refractivity contribution in [3.63, 3.8) is 0 Å². The van der Waals surface area contributed by atoms with Gasteiger partial charge in [0.2, 0.25) is 0 Å². The summed E-state index contributed by atoms with van der Waals surface area (Å²) in [6, 6.07) is 10.3. The van der Waals surface area contributed by atoms with Crippen LogP contribution in [0.3, 0.4) is 0 Å². The van der Waals surface area contributed by atoms with E-state index in [9.17, 15) is 4.79 Å². The van der Waals surface area contributed by atoms with Crippen molar-refractivity contribution in [2.24, 2.45) is 0 Å². The first-order valence-electron chi connectivity index (χ1n) is 6.26. The molecule has 96 valence electrons. The molecule has 1 fully saturated rings. The first-order valence-corrected chi connectivity index (χ1v) is 6.26. The molecule has 1 saturated carbocycles. The van der Waals surface area contributed by atoms with Crippen LogP contribution in [0, 0.1) is 0 Å². The van der Waals surface area contributed by atoms with Crippen LogP contribution in [0.15, 0.2) is 36.4 Å². The van der Waals surface area contributed by atoms with Gasteiger partial charge < -0.3 is 4.74 Å². The van der Waals surface area contributed by atoms with E-state index in [1.807, 2.05) is 25.1 Å². The normalized spacial score (nSPS) is 17.3. The maximum atomic E-state index is 11.2. The fourth-order valence-electron chi connectivity index (χ4n) is 2.32. The van der Waals surface area contributed by atoms with Gasteiger partial charge in [-0.1, -0.05) is 36.4 Å². The van der Waals surface area contributed by atoms with E-state index in [0.29, 0.717) is 0 Å². The van der Waals surface area contributed by atoms with Gasteiger partial charge in [-0.2, -0.15) is 0 Å². The number of allylic oxidation sites excluding steroid dienone is 1. The van der Waals surface area contributed by atoms with E-state index in [2.05, 4.69) is 28.3 Å². The van der Waals surface area contributed by atoms with Crippen LogP contribution in [0.1, 0.15) is 25.3 Å². The van der Waals surface area contributed by atoms with E-state index in [4.69, 9.17) is 0 Å². The Balaban J connectivity index is 2.11. The molecule has 1 aromatic rings. The van der Waals surface area contributed by atoms with E-state index >= 15 is 0 Å². The quantitative estimate of drug-likeness (QED) is 0.809. The van der Waals surface area contributed by atoms with Gasteiger partial charge >= 0.3 is 5.97 Å². The number of esters is 1. The molecule has 1 N–H and O–H groups in total. The number of carbonyl (C=O) groups excluding carboxylic acids is 1. The number of hydrogen-bond acceptors (Lipinski definition) is 3. The van der Waals surface area contributed by atoms with Crippen LogP contribution in [0.2, 0.25) is 0 Å². The minimum absolute atomic E-state index is 0.0374. The van der Waals surface area contributed by atoms with Crippen molar-refractivity contribution in [3.8, 4) is 0 Å². The van der Waals surface area contributed by atoms with Crippen LogP contribution in [0.25, 0.3) is 5.57 Å². The Bertz CT molecular complexity index is 447. The Morgan fingerprint density at radius 3 is 2.56 bits per heavy atom. The number of rotatable bonds is 5. The Kier molecular flexibility index (Phi) is 3.82. The first kappa shape index (κ1) is 12.8. The molecule has 1 aliphatic rings. The van der Waals surface area contributed by atoms with Crippen LogP contribution in [-0.2, 0) is 9.53 Å². The lowest BCUT2D eigenvalue weighted by Gasteiger charge is -2.21. The molecule has 0 aliphatic heterocycles. The lowest BCUT2D eigenvalue weighted by atomic mass is 9.96. The van der Waals surface area contributed by atoms with Crippen molar-refractivity contribution in [1.29, 1.82) is 0 Å². The van der Waals surface area contributed by atoms with Crippen LogP contribution >= 0.6 is 0 Å². The van der Waals surface area contributed by atoms with Gasteiger partial charge in [-0.25, -0.2) is 0 Å². The minimum atomic E-state index is -0.218. The van der Waals surface area contributed by atoms with Crippen LogP contribution in [0.5, 0.6) is 0 Å². The van der Waals surface area contributed by atoms with Gasteiger partial charge in [0.25, 0.3) is 0 Å². The number of nitrogens with one attached hydrogen (secondary N) is 1. The maximum absolute atomic E-state index is 11.2. The van der Waals surface area contributed by atoms with Crippen molar-refractivity contribution < 1.29 is 9.53 Å². The summed E-state index contributed by atoms with van der Waals surface area (Å²) in [5, 5.41) is 3.33. The Morgan fingerprint density at radius 2 is 2.06 bits per heavy atom. The van der Waals surface area contributed by atoms with Gasteiger partial charge in [0.15, 0.2) is 0 Å². The van der Waals surface area contributed by atoms with Gasteiger partial charge in [0.1, 0.15) is 0 Å². The van der Waals surface area contributed by atoms with Crippen molar-refractivity contribution >= 4 is 11.5 Å². The van der Waals surface area contributed by atoms with Gasteiger partial charge in [0.05, 0.1) is 13.7 Å². The third-order valence-corrected chi connectivity index (χ3v) is 3.44. The lowest BCUT2D eigenvalue weighted by Crippen LogP contribution is -2.37. The second-order valence-electron chi connectivity index (χ2n) is 4.58. The van der Waals surface area contributed by atoms with Crippen LogP contribution in [-0.4, -0.2) is 25.2 Å². The molecule has 3 nitrogen and oxygen atoms in total. The molecule has 0 atom stereocenters. The van der Waals surface area contributed by atoms with E-state index < -0.39 is 0 Å². The summed E-state index contributed by atoms with van der Waals surface area (Å²) < 4.78 is 4.67. The number of ether oxygens (including phenoxy) is 1. The summed E-state index contributed by atoms with van der Waals surface area (Å²) in [6.45, 7) is 2.31. The van der Waals surface area contributed by atoms with E-state index in [1.165, 1.54) is 18.2 Å². The largest absolute Gasteiger partial charge is 0.468 e. The van der Waals surface area contributed by atoms with Crippen LogP contribution in [0.4, 0.5) is 0 Å². The van der Waals surface area contributed by atoms with Crippen molar-refractivity contribution in [1.82, 2.24) is 5.32 Å². The predicted molar refractivity (Wildman–Crippen MR) is 72.1 cm³/mol. The highest BCUT2D eigenvalue weighted by atomic mass is 16.5. The molecule has 0 radical (unpaired) electrons. The fraction of sp³-hybridized carbons (Fsp3) is 0.400. The predicted octanol–water partition coefficient (Wildman–Crippen LogP) is 2.39. The van der Waals surface area contributed by atoms with Gasteiger partial charge in [0, 0.05) is 5.54 Å². The van der Waals surface area contributed by atoms with Crippen molar-refractivity contribution in [2.75, 3.05) is 13.7 Å². The highest BCUT2D eigenvalue weighted by Gasteiger charge is 2.45. The summed E-state index contributed by atoms with van der Waals surface area (Å²) in [7, 11) is 1.41. The minimum Gasteiger partial charge on any atom is -0.468 e. The van der Waals surface area contributed by atoms with Crippen LogP contribution < -0.4 is 5.32 Å². The summed E-state index contributed by atoms with van der Waals surface area (Å²) in [6.07, 6.45) is 4.27. The summed E-state index contributed by atoms with van der Waals surface area (Å²) in [5.74, 6) is -0.218. The summed E-state index contributed by atoms with van der Waals surface area (Å²) in [4.78, 5) is 11.2. The molecule has 0 aromatic heterocycles. The monoisotopic (exact) mass is 245 g/mol. The number of methoxy groups -OCH3 is 1. The Morgan fingerprint density at radius 1 is 1.39 bits per heavy atom. The second-order valence-corrected chi connectivity index (χ2v) is 4.58. The molecule has 2 rings (SSSR count). The van der Waals surface area contributed by atoms with E-state index in [-0.39, 0.29) is 18.1 Å². The fourth-order valence-corrected chi connectivity index (χ4v) is 2.32. The van der Waals surface area contributed by atoms with E-state index in [0.717, 1.165) is 12.8 Å². The lowest BCUT2D eigenvalue weighted by molar-refractivity contribution is -0.139. The molecule has 0 bridgehead atoms. The average molecular weight is 245 g/mol. The molecule has 0 unspecified atom stereocenters. The summed E-state index contributed by atoms with van der Waals surface area (Å²) >= 11 is 0. The van der Waals surface area contributed by atoms with Crippen molar-refractivity contribution in [2.45, 2.75) is 25.3 Å². The highest BCUT2D eigenvalue weighted by Crippen LogP contribution is 2.46. The van der Waals surface area contributed by atoms with Gasteiger partial charge in [-0.3, -0.25) is 10.1 Å². The second kappa shape index (κ2) is 5.36. The maximum Gasteiger partial charge on any atom is 0.319 e. The number of carbonyl (C=O) groups is 1. The number of benzene rings is 1. The zero-order valence-corrected chi connectivity index (χ0v) is 10.9. The molecule has 0 amide bonds. The van der Waals surface area contributed by atoms with Crippen molar-refractivity contribution in [3.05, 3.63) is 42.0 Å². The first-order chi connectivity index (χ1) is 8.72. The highest BCUT2D eigenvalue weighted by molar-refractivity contribution is 5.77. The van der Waals surface area contributed by atoms with E-state index in [1.54, 1.807) is 0 Å². The van der Waals surface area contributed by atoms with Gasteiger partial charge in [-0.15, -0.1) is 0 Å². The molecule has 0 saturated heterocycles. The molecule has 1 aromatic carbocycles. The SMILES string of the molecule is C/C=C(\c1ccccc1)C1(NCC(=O)OC)CC1. The smallest absolute Gasteiger partial charge is 0.319 e.